The van der Waals surface area contributed by atoms with Crippen molar-refractivity contribution in [2.24, 2.45) is 0 Å². The predicted molar refractivity (Wildman–Crippen MR) is 97.0 cm³/mol. The van der Waals surface area contributed by atoms with Crippen LogP contribution in [-0.2, 0) is 0 Å². The highest BCUT2D eigenvalue weighted by molar-refractivity contribution is 6.68. The van der Waals surface area contributed by atoms with E-state index < -0.39 is 10.5 Å². The molecule has 0 saturated carbocycles. The van der Waals surface area contributed by atoms with Crippen LogP contribution in [0.2, 0.25) is 10.0 Å². The first kappa shape index (κ1) is 18.4. The highest BCUT2D eigenvalue weighted by Gasteiger charge is 2.05. The Labute approximate surface area is 158 Å². The first-order chi connectivity index (χ1) is 11.3. The van der Waals surface area contributed by atoms with E-state index in [9.17, 15) is 9.59 Å². The molecule has 2 aromatic carbocycles. The van der Waals surface area contributed by atoms with Gasteiger partial charge in [0, 0.05) is 32.3 Å². The Bertz CT molecular complexity index is 877. The third-order valence-corrected chi connectivity index (χ3v) is 3.60. The highest BCUT2D eigenvalue weighted by Crippen LogP contribution is 2.17. The van der Waals surface area contributed by atoms with Gasteiger partial charge in [-0.25, -0.2) is 0 Å². The second-order valence-electron chi connectivity index (χ2n) is 4.50. The third-order valence-electron chi connectivity index (χ3n) is 2.73. The van der Waals surface area contributed by atoms with Crippen molar-refractivity contribution in [3.63, 3.8) is 0 Å². The topological polar surface area (TPSA) is 34.1 Å². The second kappa shape index (κ2) is 8.25. The van der Waals surface area contributed by atoms with E-state index in [1.54, 1.807) is 12.1 Å². The standard InChI is InChI=1S/C18H6Cl4O2/c19-15-7-11(5-13(9-15)17(21)23)3-1-2-4-12-6-14(18(22)24)10-16(20)8-12/h5-10H. The average Bonchev–Trinajstić information content (AvgIpc) is 2.50. The largest absolute Gasteiger partial charge is 0.276 e. The molecule has 0 atom stereocenters. The van der Waals surface area contributed by atoms with Gasteiger partial charge in [0.1, 0.15) is 0 Å². The Balaban J connectivity index is 2.28. The molecular weight excluding hydrogens is 390 g/mol. The lowest BCUT2D eigenvalue weighted by atomic mass is 10.1. The summed E-state index contributed by atoms with van der Waals surface area (Å²) in [4.78, 5) is 22.3. The molecule has 0 aromatic heterocycles. The summed E-state index contributed by atoms with van der Waals surface area (Å²) < 4.78 is 0. The number of rotatable bonds is 2. The fourth-order valence-electron chi connectivity index (χ4n) is 1.76. The van der Waals surface area contributed by atoms with Gasteiger partial charge in [-0.1, -0.05) is 35.0 Å². The van der Waals surface area contributed by atoms with Gasteiger partial charge in [-0.2, -0.15) is 0 Å². The van der Waals surface area contributed by atoms with E-state index in [-0.39, 0.29) is 11.1 Å². The first-order valence-electron chi connectivity index (χ1n) is 6.38. The van der Waals surface area contributed by atoms with Crippen molar-refractivity contribution in [1.29, 1.82) is 0 Å². The van der Waals surface area contributed by atoms with Crippen molar-refractivity contribution in [3.8, 4) is 23.7 Å². The van der Waals surface area contributed by atoms with Crippen molar-refractivity contribution in [2.75, 3.05) is 0 Å². The molecule has 0 fully saturated rings. The lowest BCUT2D eigenvalue weighted by Gasteiger charge is -1.97. The molecule has 2 rings (SSSR count). The summed E-state index contributed by atoms with van der Waals surface area (Å²) in [5, 5.41) is -0.551. The molecule has 0 aliphatic rings. The molecule has 0 aliphatic carbocycles. The van der Waals surface area contributed by atoms with Gasteiger partial charge >= 0.3 is 0 Å². The fourth-order valence-corrected chi connectivity index (χ4v) is 2.45. The minimum atomic E-state index is -0.621. The van der Waals surface area contributed by atoms with Crippen LogP contribution >= 0.6 is 46.4 Å². The lowest BCUT2D eigenvalue weighted by Crippen LogP contribution is -1.90. The van der Waals surface area contributed by atoms with Gasteiger partial charge in [0.15, 0.2) is 0 Å². The van der Waals surface area contributed by atoms with Gasteiger partial charge in [0.05, 0.1) is 0 Å². The zero-order valence-corrected chi connectivity index (χ0v) is 14.8. The minimum absolute atomic E-state index is 0.251. The van der Waals surface area contributed by atoms with Gasteiger partial charge in [0.2, 0.25) is 0 Å². The SMILES string of the molecule is O=C(Cl)c1cc(Cl)cc(C#CC#Cc2cc(Cl)cc(C(=O)Cl)c2)c1. The molecule has 0 N–H and O–H groups in total. The summed E-state index contributed by atoms with van der Waals surface area (Å²) in [6.45, 7) is 0. The van der Waals surface area contributed by atoms with Crippen LogP contribution in [0.25, 0.3) is 0 Å². The summed E-state index contributed by atoms with van der Waals surface area (Å²) in [5.41, 5.74) is 1.51. The summed E-state index contributed by atoms with van der Waals surface area (Å²) in [6.07, 6.45) is 0. The van der Waals surface area contributed by atoms with Crippen LogP contribution in [0.1, 0.15) is 31.8 Å². The Morgan fingerprint density at radius 3 is 1.38 bits per heavy atom. The van der Waals surface area contributed by atoms with Gasteiger partial charge in [-0.05, 0) is 71.4 Å². The van der Waals surface area contributed by atoms with Crippen molar-refractivity contribution in [2.45, 2.75) is 0 Å². The number of carbonyl (C=O) groups excluding carboxylic acids is 2. The Morgan fingerprint density at radius 2 is 1.04 bits per heavy atom. The monoisotopic (exact) mass is 394 g/mol. The molecule has 24 heavy (non-hydrogen) atoms. The van der Waals surface area contributed by atoms with Crippen molar-refractivity contribution in [3.05, 3.63) is 68.7 Å². The van der Waals surface area contributed by atoms with Crippen LogP contribution < -0.4 is 0 Å². The maximum atomic E-state index is 11.2. The first-order valence-corrected chi connectivity index (χ1v) is 7.89. The molecule has 118 valence electrons. The van der Waals surface area contributed by atoms with Gasteiger partial charge in [-0.3, -0.25) is 9.59 Å². The van der Waals surface area contributed by atoms with E-state index in [1.807, 2.05) is 0 Å². The van der Waals surface area contributed by atoms with Crippen LogP contribution in [0.15, 0.2) is 36.4 Å². The zero-order valence-electron chi connectivity index (χ0n) is 11.8. The molecule has 2 aromatic rings. The molecule has 0 saturated heterocycles. The van der Waals surface area contributed by atoms with Crippen molar-refractivity contribution in [1.82, 2.24) is 0 Å². The lowest BCUT2D eigenvalue weighted by molar-refractivity contribution is 0.107. The predicted octanol–water partition coefficient (Wildman–Crippen LogP) is 5.15. The maximum Gasteiger partial charge on any atom is 0.252 e. The molecule has 6 heteroatoms. The molecule has 0 aliphatic heterocycles. The van der Waals surface area contributed by atoms with Gasteiger partial charge < -0.3 is 0 Å². The third kappa shape index (κ3) is 5.31. The summed E-state index contributed by atoms with van der Waals surface area (Å²) in [5.74, 6) is 10.8. The molecule has 0 amide bonds. The number of carbonyl (C=O) groups is 2. The Kier molecular flexibility index (Phi) is 6.32. The van der Waals surface area contributed by atoms with E-state index in [1.165, 1.54) is 24.3 Å². The molecule has 2 nitrogen and oxygen atoms in total. The molecule has 0 unspecified atom stereocenters. The molecule has 0 spiro atoms. The molecule has 0 bridgehead atoms. The van der Waals surface area contributed by atoms with E-state index in [0.29, 0.717) is 21.2 Å². The second-order valence-corrected chi connectivity index (χ2v) is 6.06. The van der Waals surface area contributed by atoms with E-state index in [2.05, 4.69) is 23.7 Å². The summed E-state index contributed by atoms with van der Waals surface area (Å²) in [6, 6.07) is 9.10. The molecular formula is C18H6Cl4O2. The van der Waals surface area contributed by atoms with Crippen LogP contribution in [0, 0.1) is 23.7 Å². The summed E-state index contributed by atoms with van der Waals surface area (Å²) in [7, 11) is 0. The highest BCUT2D eigenvalue weighted by atomic mass is 35.5. The number of hydrogen-bond donors (Lipinski definition) is 0. The number of halogens is 4. The summed E-state index contributed by atoms with van der Waals surface area (Å²) >= 11 is 22.6. The minimum Gasteiger partial charge on any atom is -0.276 e. The van der Waals surface area contributed by atoms with Crippen molar-refractivity contribution < 1.29 is 9.59 Å². The zero-order chi connectivity index (χ0) is 17.7. The van der Waals surface area contributed by atoms with Crippen molar-refractivity contribution >= 4 is 56.9 Å². The van der Waals surface area contributed by atoms with Crippen LogP contribution in [0.5, 0.6) is 0 Å². The smallest absolute Gasteiger partial charge is 0.252 e. The van der Waals surface area contributed by atoms with Crippen LogP contribution in [0.3, 0.4) is 0 Å². The maximum absolute atomic E-state index is 11.2. The normalized spacial score (nSPS) is 9.33. The van der Waals surface area contributed by atoms with E-state index in [0.717, 1.165) is 0 Å². The molecule has 0 radical (unpaired) electrons. The molecule has 0 heterocycles. The fraction of sp³-hybridized carbons (Fsp3) is 0. The average molecular weight is 396 g/mol. The van der Waals surface area contributed by atoms with Gasteiger partial charge in [-0.15, -0.1) is 0 Å². The quantitative estimate of drug-likeness (QED) is 0.520. The Hall–Kier alpha value is -1.94. The number of hydrogen-bond acceptors (Lipinski definition) is 2. The van der Waals surface area contributed by atoms with Crippen LogP contribution in [0.4, 0.5) is 0 Å². The van der Waals surface area contributed by atoms with Crippen LogP contribution in [-0.4, -0.2) is 10.5 Å². The van der Waals surface area contributed by atoms with E-state index in [4.69, 9.17) is 46.4 Å². The van der Waals surface area contributed by atoms with Gasteiger partial charge in [0.25, 0.3) is 10.5 Å². The number of benzene rings is 2. The van der Waals surface area contributed by atoms with E-state index >= 15 is 0 Å². The Morgan fingerprint density at radius 1 is 0.667 bits per heavy atom.